The number of piperazine rings is 1. The van der Waals surface area contributed by atoms with Crippen molar-refractivity contribution in [3.8, 4) is 17.2 Å². The molecule has 1 saturated heterocycles. The fourth-order valence-corrected chi connectivity index (χ4v) is 3.84. The first-order chi connectivity index (χ1) is 15.9. The van der Waals surface area contributed by atoms with E-state index < -0.39 is 0 Å². The normalized spacial score (nSPS) is 14.0. The molecule has 33 heavy (non-hydrogen) atoms. The first-order valence-corrected chi connectivity index (χ1v) is 11.0. The van der Waals surface area contributed by atoms with E-state index in [2.05, 4.69) is 10.2 Å². The summed E-state index contributed by atoms with van der Waals surface area (Å²) in [6.07, 6.45) is 0.412. The largest absolute Gasteiger partial charge is 0.493 e. The Morgan fingerprint density at radius 1 is 0.879 bits per heavy atom. The number of nitrogens with zero attached hydrogens (tertiary/aromatic N) is 2. The molecule has 2 aromatic carbocycles. The summed E-state index contributed by atoms with van der Waals surface area (Å²) < 4.78 is 16.1. The highest BCUT2D eigenvalue weighted by molar-refractivity contribution is 5.79. The van der Waals surface area contributed by atoms with E-state index in [0.717, 1.165) is 11.1 Å². The number of carbonyl (C=O) groups is 2. The maximum atomic E-state index is 12.6. The third-order valence-corrected chi connectivity index (χ3v) is 5.78. The minimum atomic E-state index is -0.0665. The van der Waals surface area contributed by atoms with Crippen molar-refractivity contribution in [3.05, 3.63) is 53.1 Å². The van der Waals surface area contributed by atoms with E-state index in [1.54, 1.807) is 21.3 Å². The molecule has 3 rings (SSSR count). The number of hydrogen-bond acceptors (Lipinski definition) is 6. The Labute approximate surface area is 195 Å². The summed E-state index contributed by atoms with van der Waals surface area (Å²) in [5.41, 5.74) is 3.06. The molecule has 0 spiro atoms. The molecule has 1 aliphatic heterocycles. The van der Waals surface area contributed by atoms with Crippen LogP contribution in [0.1, 0.15) is 16.7 Å². The highest BCUT2D eigenvalue weighted by Gasteiger charge is 2.22. The standard InChI is InChI=1S/C25H33N3O5/c1-18-5-7-19(8-6-18)15-24(30)28-11-9-27(10-12-28)17-23(29)26-16-20-13-21(31-2)25(33-4)22(14-20)32-3/h5-8,13-14H,9-12,15-17H2,1-4H3,(H,26,29). The highest BCUT2D eigenvalue weighted by atomic mass is 16.5. The number of methoxy groups -OCH3 is 3. The molecule has 0 unspecified atom stereocenters. The molecule has 8 nitrogen and oxygen atoms in total. The van der Waals surface area contributed by atoms with E-state index >= 15 is 0 Å². The summed E-state index contributed by atoms with van der Waals surface area (Å²) in [6.45, 7) is 5.30. The smallest absolute Gasteiger partial charge is 0.234 e. The summed E-state index contributed by atoms with van der Waals surface area (Å²) in [6, 6.07) is 11.7. The van der Waals surface area contributed by atoms with Gasteiger partial charge in [-0.15, -0.1) is 0 Å². The lowest BCUT2D eigenvalue weighted by molar-refractivity contribution is -0.132. The van der Waals surface area contributed by atoms with Crippen molar-refractivity contribution in [2.75, 3.05) is 54.1 Å². The number of carbonyl (C=O) groups excluding carboxylic acids is 2. The van der Waals surface area contributed by atoms with Gasteiger partial charge in [0.2, 0.25) is 17.6 Å². The fourth-order valence-electron chi connectivity index (χ4n) is 3.84. The molecule has 8 heteroatoms. The van der Waals surface area contributed by atoms with Crippen molar-refractivity contribution >= 4 is 11.8 Å². The summed E-state index contributed by atoms with van der Waals surface area (Å²) in [7, 11) is 4.67. The highest BCUT2D eigenvalue weighted by Crippen LogP contribution is 2.38. The molecule has 0 atom stereocenters. The number of nitrogens with one attached hydrogen (secondary N) is 1. The van der Waals surface area contributed by atoms with Gasteiger partial charge in [-0.1, -0.05) is 29.8 Å². The second-order valence-corrected chi connectivity index (χ2v) is 8.13. The lowest BCUT2D eigenvalue weighted by atomic mass is 10.1. The van der Waals surface area contributed by atoms with Gasteiger partial charge in [-0.3, -0.25) is 14.5 Å². The van der Waals surface area contributed by atoms with E-state index in [4.69, 9.17) is 14.2 Å². The minimum Gasteiger partial charge on any atom is -0.493 e. The van der Waals surface area contributed by atoms with Gasteiger partial charge in [0, 0.05) is 32.7 Å². The van der Waals surface area contributed by atoms with Crippen LogP contribution in [-0.2, 0) is 22.6 Å². The third-order valence-electron chi connectivity index (χ3n) is 5.78. The van der Waals surface area contributed by atoms with Gasteiger partial charge in [0.25, 0.3) is 0 Å². The van der Waals surface area contributed by atoms with Crippen molar-refractivity contribution in [2.24, 2.45) is 0 Å². The van der Waals surface area contributed by atoms with Crippen LogP contribution in [0.4, 0.5) is 0 Å². The van der Waals surface area contributed by atoms with Gasteiger partial charge >= 0.3 is 0 Å². The topological polar surface area (TPSA) is 80.3 Å². The third kappa shape index (κ3) is 6.61. The molecule has 2 amide bonds. The van der Waals surface area contributed by atoms with Crippen LogP contribution in [0.25, 0.3) is 0 Å². The maximum absolute atomic E-state index is 12.6. The average molecular weight is 456 g/mol. The Morgan fingerprint density at radius 3 is 2.03 bits per heavy atom. The zero-order valence-corrected chi connectivity index (χ0v) is 19.8. The van der Waals surface area contributed by atoms with Crippen LogP contribution in [0.5, 0.6) is 17.2 Å². The summed E-state index contributed by atoms with van der Waals surface area (Å²) in [5.74, 6) is 1.68. The predicted molar refractivity (Wildman–Crippen MR) is 126 cm³/mol. The van der Waals surface area contributed by atoms with Crippen LogP contribution in [0, 0.1) is 6.92 Å². The number of ether oxygens (including phenoxy) is 3. The van der Waals surface area contributed by atoms with Gasteiger partial charge in [0.05, 0.1) is 34.3 Å². The zero-order chi connectivity index (χ0) is 23.8. The van der Waals surface area contributed by atoms with Crippen molar-refractivity contribution in [1.29, 1.82) is 0 Å². The Hall–Kier alpha value is -3.26. The molecule has 1 heterocycles. The average Bonchev–Trinajstić information content (AvgIpc) is 2.83. The Bertz CT molecular complexity index is 928. The molecule has 0 radical (unpaired) electrons. The monoisotopic (exact) mass is 455 g/mol. The minimum absolute atomic E-state index is 0.0665. The van der Waals surface area contributed by atoms with Crippen LogP contribution >= 0.6 is 0 Å². The van der Waals surface area contributed by atoms with E-state index in [9.17, 15) is 9.59 Å². The van der Waals surface area contributed by atoms with Gasteiger partial charge in [0.15, 0.2) is 11.5 Å². The van der Waals surface area contributed by atoms with E-state index in [1.807, 2.05) is 48.2 Å². The zero-order valence-electron chi connectivity index (χ0n) is 19.8. The van der Waals surface area contributed by atoms with E-state index in [1.165, 1.54) is 5.56 Å². The second-order valence-electron chi connectivity index (χ2n) is 8.13. The maximum Gasteiger partial charge on any atom is 0.234 e. The molecular formula is C25H33N3O5. The summed E-state index contributed by atoms with van der Waals surface area (Å²) in [4.78, 5) is 29.0. The predicted octanol–water partition coefficient (Wildman–Crippen LogP) is 2.02. The molecule has 0 bridgehead atoms. The van der Waals surface area contributed by atoms with Crippen molar-refractivity contribution < 1.29 is 23.8 Å². The van der Waals surface area contributed by atoms with Crippen LogP contribution < -0.4 is 19.5 Å². The van der Waals surface area contributed by atoms with Crippen LogP contribution in [-0.4, -0.2) is 75.7 Å². The fraction of sp³-hybridized carbons (Fsp3) is 0.440. The first-order valence-electron chi connectivity index (χ1n) is 11.0. The quantitative estimate of drug-likeness (QED) is 0.623. The number of aryl methyl sites for hydroxylation is 1. The Kier molecular flexibility index (Phi) is 8.54. The van der Waals surface area contributed by atoms with Crippen molar-refractivity contribution in [1.82, 2.24) is 15.1 Å². The number of amides is 2. The molecule has 2 aromatic rings. The van der Waals surface area contributed by atoms with Crippen LogP contribution in [0.3, 0.4) is 0 Å². The van der Waals surface area contributed by atoms with Gasteiger partial charge in [-0.05, 0) is 30.2 Å². The molecule has 0 aliphatic carbocycles. The number of hydrogen-bond donors (Lipinski definition) is 1. The van der Waals surface area contributed by atoms with Crippen LogP contribution in [0.15, 0.2) is 36.4 Å². The molecule has 178 valence electrons. The molecule has 1 N–H and O–H groups in total. The van der Waals surface area contributed by atoms with E-state index in [0.29, 0.717) is 62.9 Å². The molecular weight excluding hydrogens is 422 g/mol. The molecule has 1 aliphatic rings. The van der Waals surface area contributed by atoms with Crippen LogP contribution in [0.2, 0.25) is 0 Å². The summed E-state index contributed by atoms with van der Waals surface area (Å²) >= 11 is 0. The van der Waals surface area contributed by atoms with Crippen molar-refractivity contribution in [2.45, 2.75) is 19.9 Å². The molecule has 0 saturated carbocycles. The molecule has 1 fully saturated rings. The SMILES string of the molecule is COc1cc(CNC(=O)CN2CCN(C(=O)Cc3ccc(C)cc3)CC2)cc(OC)c1OC. The van der Waals surface area contributed by atoms with Gasteiger partial charge < -0.3 is 24.4 Å². The number of rotatable bonds is 9. The van der Waals surface area contributed by atoms with Gasteiger partial charge in [-0.25, -0.2) is 0 Å². The lowest BCUT2D eigenvalue weighted by Crippen LogP contribution is -2.51. The van der Waals surface area contributed by atoms with Crippen molar-refractivity contribution in [3.63, 3.8) is 0 Å². The van der Waals surface area contributed by atoms with E-state index in [-0.39, 0.29) is 11.8 Å². The first kappa shape index (κ1) is 24.4. The molecule has 0 aromatic heterocycles. The Morgan fingerprint density at radius 2 is 1.48 bits per heavy atom. The number of benzene rings is 2. The Balaban J connectivity index is 1.45. The van der Waals surface area contributed by atoms with Gasteiger partial charge in [0.1, 0.15) is 0 Å². The summed E-state index contributed by atoms with van der Waals surface area (Å²) in [5, 5.41) is 2.94. The second kappa shape index (κ2) is 11.6. The lowest BCUT2D eigenvalue weighted by Gasteiger charge is -2.34. The van der Waals surface area contributed by atoms with Gasteiger partial charge in [-0.2, -0.15) is 0 Å².